The van der Waals surface area contributed by atoms with Gasteiger partial charge in [-0.3, -0.25) is 4.79 Å². The minimum absolute atomic E-state index is 0.0703. The van der Waals surface area contributed by atoms with E-state index < -0.39 is 17.5 Å². The van der Waals surface area contributed by atoms with Gasteiger partial charge in [0, 0.05) is 0 Å². The first-order chi connectivity index (χ1) is 10.9. The number of rotatable bonds is 4. The Balaban J connectivity index is 2.35. The number of carbonyl (C=O) groups is 2. The number of nitrogens with one attached hydrogen (secondary N) is 1. The normalized spacial score (nSPS) is 10.2. The Morgan fingerprint density at radius 1 is 1.26 bits per heavy atom. The van der Waals surface area contributed by atoms with E-state index >= 15 is 0 Å². The zero-order valence-corrected chi connectivity index (χ0v) is 13.3. The van der Waals surface area contributed by atoms with Gasteiger partial charge >= 0.3 is 11.6 Å². The quantitative estimate of drug-likeness (QED) is 0.868. The first kappa shape index (κ1) is 16.8. The van der Waals surface area contributed by atoms with Crippen LogP contribution in [0.4, 0.5) is 5.69 Å². The number of anilines is 1. The molecule has 7 heteroatoms. The third-order valence-electron chi connectivity index (χ3n) is 3.00. The molecule has 120 valence electrons. The van der Waals surface area contributed by atoms with E-state index in [0.29, 0.717) is 0 Å². The SMILES string of the molecule is CCOC(=O)c1cc(NC(=O)c2ccccc2Cl)c(=O)oc1C. The van der Waals surface area contributed by atoms with Gasteiger partial charge in [-0.25, -0.2) is 9.59 Å². The number of ether oxygens (including phenoxy) is 1. The topological polar surface area (TPSA) is 85.6 Å². The van der Waals surface area contributed by atoms with Gasteiger partial charge in [-0.1, -0.05) is 23.7 Å². The number of hydrogen-bond donors (Lipinski definition) is 1. The van der Waals surface area contributed by atoms with E-state index in [1.807, 2.05) is 0 Å². The molecule has 0 saturated carbocycles. The molecule has 2 rings (SSSR count). The molecule has 0 bridgehead atoms. The Morgan fingerprint density at radius 2 is 1.96 bits per heavy atom. The van der Waals surface area contributed by atoms with E-state index in [0.717, 1.165) is 0 Å². The molecule has 0 aliphatic carbocycles. The molecule has 0 unspecified atom stereocenters. The Kier molecular flexibility index (Phi) is 5.18. The van der Waals surface area contributed by atoms with Gasteiger partial charge in [0.15, 0.2) is 0 Å². The summed E-state index contributed by atoms with van der Waals surface area (Å²) in [6.45, 7) is 3.30. The van der Waals surface area contributed by atoms with Crippen molar-refractivity contribution in [1.29, 1.82) is 0 Å². The summed E-state index contributed by atoms with van der Waals surface area (Å²) in [7, 11) is 0. The highest BCUT2D eigenvalue weighted by Crippen LogP contribution is 2.17. The second-order valence-electron chi connectivity index (χ2n) is 4.57. The van der Waals surface area contributed by atoms with E-state index in [-0.39, 0.29) is 34.2 Å². The third kappa shape index (κ3) is 3.78. The third-order valence-corrected chi connectivity index (χ3v) is 3.33. The highest BCUT2D eigenvalue weighted by molar-refractivity contribution is 6.34. The molecule has 0 atom stereocenters. The first-order valence-corrected chi connectivity index (χ1v) is 7.19. The van der Waals surface area contributed by atoms with Crippen molar-refractivity contribution in [2.24, 2.45) is 0 Å². The molecule has 1 N–H and O–H groups in total. The molecule has 0 aliphatic heterocycles. The number of esters is 1. The zero-order chi connectivity index (χ0) is 17.0. The molecular weight excluding hydrogens is 322 g/mol. The smallest absolute Gasteiger partial charge is 0.359 e. The van der Waals surface area contributed by atoms with Crippen LogP contribution in [0.15, 0.2) is 39.5 Å². The Labute approximate surface area is 137 Å². The minimum atomic E-state index is -0.768. The lowest BCUT2D eigenvalue weighted by Gasteiger charge is -2.08. The summed E-state index contributed by atoms with van der Waals surface area (Å²) >= 11 is 5.94. The molecule has 0 radical (unpaired) electrons. The van der Waals surface area contributed by atoms with Crippen LogP contribution in [0.25, 0.3) is 0 Å². The van der Waals surface area contributed by atoms with Gasteiger partial charge in [0.2, 0.25) is 0 Å². The van der Waals surface area contributed by atoms with Crippen molar-refractivity contribution in [3.8, 4) is 0 Å². The standard InChI is InChI=1S/C16H14ClNO5/c1-3-22-15(20)11-8-13(16(21)23-9(11)2)18-14(19)10-6-4-5-7-12(10)17/h4-8H,3H2,1-2H3,(H,18,19). The maximum Gasteiger partial charge on any atom is 0.359 e. The number of halogens is 1. The molecule has 0 saturated heterocycles. The molecule has 0 aliphatic rings. The van der Waals surface area contributed by atoms with Crippen LogP contribution < -0.4 is 10.9 Å². The fraction of sp³-hybridized carbons (Fsp3) is 0.188. The number of aryl methyl sites for hydroxylation is 1. The van der Waals surface area contributed by atoms with Gasteiger partial charge in [-0.2, -0.15) is 0 Å². The fourth-order valence-electron chi connectivity index (χ4n) is 1.89. The predicted octanol–water partition coefficient (Wildman–Crippen LogP) is 3.03. The molecule has 1 aromatic carbocycles. The summed E-state index contributed by atoms with van der Waals surface area (Å²) in [5, 5.41) is 2.64. The van der Waals surface area contributed by atoms with Crippen LogP contribution in [0.3, 0.4) is 0 Å². The molecule has 1 amide bonds. The van der Waals surface area contributed by atoms with E-state index in [9.17, 15) is 14.4 Å². The Morgan fingerprint density at radius 3 is 2.61 bits per heavy atom. The van der Waals surface area contributed by atoms with Crippen LogP contribution in [-0.2, 0) is 4.74 Å². The molecule has 2 aromatic rings. The van der Waals surface area contributed by atoms with Gasteiger partial charge < -0.3 is 14.5 Å². The lowest BCUT2D eigenvalue weighted by atomic mass is 10.2. The van der Waals surface area contributed by atoms with Gasteiger partial charge in [-0.05, 0) is 32.0 Å². The van der Waals surface area contributed by atoms with Crippen LogP contribution in [0.5, 0.6) is 0 Å². The maximum atomic E-state index is 12.2. The van der Waals surface area contributed by atoms with Crippen molar-refractivity contribution in [3.05, 3.63) is 62.7 Å². The zero-order valence-electron chi connectivity index (χ0n) is 12.5. The van der Waals surface area contributed by atoms with E-state index in [1.165, 1.54) is 19.1 Å². The average Bonchev–Trinajstić information content (AvgIpc) is 2.50. The number of benzene rings is 1. The van der Waals surface area contributed by atoms with Crippen molar-refractivity contribution in [1.82, 2.24) is 0 Å². The average molecular weight is 336 g/mol. The molecular formula is C16H14ClNO5. The summed E-state index contributed by atoms with van der Waals surface area (Å²) < 4.78 is 9.85. The Bertz CT molecular complexity index is 812. The van der Waals surface area contributed by atoms with Crippen molar-refractivity contribution in [3.63, 3.8) is 0 Å². The van der Waals surface area contributed by atoms with E-state index in [4.69, 9.17) is 20.8 Å². The van der Waals surface area contributed by atoms with Gasteiger partial charge in [0.25, 0.3) is 5.91 Å². The van der Waals surface area contributed by atoms with Gasteiger partial charge in [-0.15, -0.1) is 0 Å². The van der Waals surface area contributed by atoms with Crippen molar-refractivity contribution in [2.75, 3.05) is 11.9 Å². The van der Waals surface area contributed by atoms with Crippen LogP contribution in [0.2, 0.25) is 5.02 Å². The summed E-state index contributed by atoms with van der Waals surface area (Å²) in [4.78, 5) is 35.9. The van der Waals surface area contributed by atoms with Crippen LogP contribution >= 0.6 is 11.6 Å². The number of amides is 1. The molecule has 1 heterocycles. The largest absolute Gasteiger partial charge is 0.462 e. The summed E-state index contributed by atoms with van der Waals surface area (Å²) in [6, 6.07) is 7.62. The van der Waals surface area contributed by atoms with Crippen molar-refractivity contribution in [2.45, 2.75) is 13.8 Å². The minimum Gasteiger partial charge on any atom is -0.462 e. The number of carbonyl (C=O) groups excluding carboxylic acids is 2. The molecule has 1 aromatic heterocycles. The van der Waals surface area contributed by atoms with E-state index in [2.05, 4.69) is 5.32 Å². The second kappa shape index (κ2) is 7.11. The van der Waals surface area contributed by atoms with Gasteiger partial charge in [0.1, 0.15) is 17.0 Å². The summed E-state index contributed by atoms with van der Waals surface area (Å²) in [5.74, 6) is -1.10. The predicted molar refractivity (Wildman–Crippen MR) is 85.1 cm³/mol. The highest BCUT2D eigenvalue weighted by atomic mass is 35.5. The number of hydrogen-bond acceptors (Lipinski definition) is 5. The van der Waals surface area contributed by atoms with Gasteiger partial charge in [0.05, 0.1) is 17.2 Å². The second-order valence-corrected chi connectivity index (χ2v) is 4.98. The summed E-state index contributed by atoms with van der Waals surface area (Å²) in [5.41, 5.74) is -0.660. The lowest BCUT2D eigenvalue weighted by molar-refractivity contribution is 0.0521. The van der Waals surface area contributed by atoms with Crippen LogP contribution in [0, 0.1) is 6.92 Å². The Hall–Kier alpha value is -2.60. The monoisotopic (exact) mass is 335 g/mol. The lowest BCUT2D eigenvalue weighted by Crippen LogP contribution is -2.20. The molecule has 0 fully saturated rings. The van der Waals surface area contributed by atoms with Crippen LogP contribution in [-0.4, -0.2) is 18.5 Å². The molecule has 0 spiro atoms. The van der Waals surface area contributed by atoms with E-state index in [1.54, 1.807) is 25.1 Å². The molecule has 6 nitrogen and oxygen atoms in total. The molecule has 23 heavy (non-hydrogen) atoms. The van der Waals surface area contributed by atoms with Crippen molar-refractivity contribution < 1.29 is 18.7 Å². The van der Waals surface area contributed by atoms with Crippen molar-refractivity contribution >= 4 is 29.2 Å². The fourth-order valence-corrected chi connectivity index (χ4v) is 2.11. The van der Waals surface area contributed by atoms with Crippen LogP contribution in [0.1, 0.15) is 33.4 Å². The highest BCUT2D eigenvalue weighted by Gasteiger charge is 2.18. The first-order valence-electron chi connectivity index (χ1n) is 6.81. The maximum absolute atomic E-state index is 12.2. The summed E-state index contributed by atoms with van der Waals surface area (Å²) in [6.07, 6.45) is 0.